The van der Waals surface area contributed by atoms with Gasteiger partial charge in [0, 0.05) is 19.8 Å². The molecule has 1 aromatic rings. The molecule has 2 fully saturated rings. The van der Waals surface area contributed by atoms with Gasteiger partial charge in [-0.2, -0.15) is 0 Å². The molecule has 3 aliphatic rings. The molecule has 1 saturated carbocycles. The minimum absolute atomic E-state index is 0.0781. The largest absolute Gasteiger partial charge is 0.453 e. The summed E-state index contributed by atoms with van der Waals surface area (Å²) in [5.74, 6) is -4.10. The number of Topliss-reactive ketones (excluding diaryl/α,β-unsaturated/α-hetero) is 2. The summed E-state index contributed by atoms with van der Waals surface area (Å²) in [5, 5.41) is 22.8. The number of esters is 2. The maximum atomic E-state index is 14.2. The first-order valence-electron chi connectivity index (χ1n) is 12.7. The third-order valence-corrected chi connectivity index (χ3v) is 8.18. The van der Waals surface area contributed by atoms with Crippen LogP contribution in [0.5, 0.6) is 0 Å². The second-order valence-electron chi connectivity index (χ2n) is 10.8. The maximum absolute atomic E-state index is 14.2. The van der Waals surface area contributed by atoms with Crippen molar-refractivity contribution < 1.29 is 43.6 Å². The van der Waals surface area contributed by atoms with Gasteiger partial charge in [0.2, 0.25) is 0 Å². The topological polar surface area (TPSA) is 136 Å². The fraction of sp³-hybridized carbons (Fsp3) is 0.517. The zero-order chi connectivity index (χ0) is 28.0. The first-order valence-corrected chi connectivity index (χ1v) is 12.7. The SMILES string of the molecule is CC(=O)O[C@@]12CO[C@@H]1C[C@H](O)[C@@]1(C)C(=O)[C@H](O)C(=C(C)C)/C(C)=C\CC(=O)[C@@H](OC(=O)c3ccccc3)[C@H]21. The minimum atomic E-state index is -1.84. The van der Waals surface area contributed by atoms with Gasteiger partial charge in [-0.15, -0.1) is 0 Å². The second kappa shape index (κ2) is 10.2. The van der Waals surface area contributed by atoms with Crippen LogP contribution in [-0.2, 0) is 28.6 Å². The fourth-order valence-corrected chi connectivity index (χ4v) is 6.27. The number of hydrogen-bond acceptors (Lipinski definition) is 9. The number of ketones is 2. The van der Waals surface area contributed by atoms with Crippen LogP contribution in [0.25, 0.3) is 0 Å². The number of ether oxygens (including phenoxy) is 3. The van der Waals surface area contributed by atoms with E-state index in [1.165, 1.54) is 26.0 Å². The van der Waals surface area contributed by atoms with Gasteiger partial charge < -0.3 is 24.4 Å². The molecule has 204 valence electrons. The highest BCUT2D eigenvalue weighted by atomic mass is 16.6. The van der Waals surface area contributed by atoms with E-state index < -0.39 is 64.9 Å². The van der Waals surface area contributed by atoms with Crippen LogP contribution in [-0.4, -0.2) is 70.3 Å². The van der Waals surface area contributed by atoms with Gasteiger partial charge in [-0.05, 0) is 51.0 Å². The van der Waals surface area contributed by atoms with E-state index in [0.717, 1.165) is 0 Å². The number of fused-ring (bicyclic) bond motifs is 3. The van der Waals surface area contributed by atoms with E-state index in [-0.39, 0.29) is 25.0 Å². The van der Waals surface area contributed by atoms with Crippen LogP contribution in [0.4, 0.5) is 0 Å². The highest BCUT2D eigenvalue weighted by molar-refractivity contribution is 5.97. The lowest BCUT2D eigenvalue weighted by Crippen LogP contribution is -2.78. The van der Waals surface area contributed by atoms with Crippen molar-refractivity contribution in [2.24, 2.45) is 11.3 Å². The van der Waals surface area contributed by atoms with Crippen LogP contribution in [0.3, 0.4) is 0 Å². The zero-order valence-corrected chi connectivity index (χ0v) is 22.2. The van der Waals surface area contributed by atoms with Gasteiger partial charge in [-0.3, -0.25) is 14.4 Å². The van der Waals surface area contributed by atoms with Crippen LogP contribution in [0.2, 0.25) is 0 Å². The molecule has 0 aromatic heterocycles. The summed E-state index contributed by atoms with van der Waals surface area (Å²) in [6.07, 6.45) is -4.12. The van der Waals surface area contributed by atoms with E-state index in [2.05, 4.69) is 0 Å². The molecule has 0 unspecified atom stereocenters. The summed E-state index contributed by atoms with van der Waals surface area (Å²) < 4.78 is 17.3. The van der Waals surface area contributed by atoms with Crippen LogP contribution >= 0.6 is 0 Å². The van der Waals surface area contributed by atoms with Gasteiger partial charge >= 0.3 is 11.9 Å². The van der Waals surface area contributed by atoms with Crippen LogP contribution in [0.15, 0.2) is 53.1 Å². The van der Waals surface area contributed by atoms with Crippen molar-refractivity contribution in [1.29, 1.82) is 0 Å². The molecular formula is C29H34O9. The van der Waals surface area contributed by atoms with Crippen molar-refractivity contribution in [3.63, 3.8) is 0 Å². The maximum Gasteiger partial charge on any atom is 0.338 e. The van der Waals surface area contributed by atoms with Crippen molar-refractivity contribution in [3.05, 3.63) is 58.7 Å². The molecule has 0 radical (unpaired) electrons. The molecule has 1 aromatic carbocycles. The molecule has 38 heavy (non-hydrogen) atoms. The van der Waals surface area contributed by atoms with Crippen LogP contribution in [0.1, 0.15) is 57.8 Å². The Bertz CT molecular complexity index is 1210. The average Bonchev–Trinajstić information content (AvgIpc) is 2.86. The highest BCUT2D eigenvalue weighted by Crippen LogP contribution is 2.57. The molecule has 1 heterocycles. The Balaban J connectivity index is 1.95. The molecule has 0 bridgehead atoms. The van der Waals surface area contributed by atoms with E-state index in [1.807, 2.05) is 0 Å². The van der Waals surface area contributed by atoms with E-state index >= 15 is 0 Å². The Kier molecular flexibility index (Phi) is 7.49. The summed E-state index contributed by atoms with van der Waals surface area (Å²) in [6, 6.07) is 8.06. The predicted molar refractivity (Wildman–Crippen MR) is 135 cm³/mol. The van der Waals surface area contributed by atoms with Gasteiger partial charge in [0.25, 0.3) is 0 Å². The molecule has 9 heteroatoms. The Labute approximate surface area is 221 Å². The number of rotatable bonds is 3. The molecule has 4 rings (SSSR count). The normalized spacial score (nSPS) is 36.6. The summed E-state index contributed by atoms with van der Waals surface area (Å²) in [6.45, 7) is 7.65. The van der Waals surface area contributed by atoms with Gasteiger partial charge in [-0.25, -0.2) is 4.79 Å². The number of carbonyl (C=O) groups excluding carboxylic acids is 4. The van der Waals surface area contributed by atoms with Gasteiger partial charge in [0.1, 0.15) is 12.2 Å². The van der Waals surface area contributed by atoms with Crippen molar-refractivity contribution in [2.75, 3.05) is 6.61 Å². The first kappa shape index (κ1) is 27.9. The van der Waals surface area contributed by atoms with Crippen molar-refractivity contribution in [3.8, 4) is 0 Å². The summed E-state index contributed by atoms with van der Waals surface area (Å²) >= 11 is 0. The lowest BCUT2D eigenvalue weighted by atomic mass is 9.51. The molecular weight excluding hydrogens is 492 g/mol. The first-order chi connectivity index (χ1) is 17.8. The third kappa shape index (κ3) is 4.42. The number of aliphatic hydroxyl groups excluding tert-OH is 2. The summed E-state index contributed by atoms with van der Waals surface area (Å²) in [5.41, 5.74) is -1.64. The Hall–Kier alpha value is -3.14. The molecule has 0 spiro atoms. The Morgan fingerprint density at radius 2 is 1.74 bits per heavy atom. The zero-order valence-electron chi connectivity index (χ0n) is 22.2. The summed E-state index contributed by atoms with van der Waals surface area (Å²) in [4.78, 5) is 53.6. The number of carbonyl (C=O) groups is 4. The highest BCUT2D eigenvalue weighted by Gasteiger charge is 2.73. The number of hydrogen-bond donors (Lipinski definition) is 2. The predicted octanol–water partition coefficient (Wildman–Crippen LogP) is 2.49. The Morgan fingerprint density at radius 3 is 2.29 bits per heavy atom. The van der Waals surface area contributed by atoms with E-state index in [4.69, 9.17) is 14.2 Å². The molecule has 0 amide bonds. The standard InChI is InChI=1S/C29H34O9/c1-15(2)22-16(3)11-12-19(31)24(37-27(35)18-9-7-6-8-10-18)25-28(5,26(34)23(22)33)20(32)13-21-29(25,14-36-21)38-17(4)30/h6-11,20-21,23-25,32-33H,12-14H2,1-5H3/b16-11-/t20-,21+,23+,24+,25-,28+,29-/m0/s1. The van der Waals surface area contributed by atoms with Crippen LogP contribution < -0.4 is 0 Å². The number of allylic oxidation sites excluding steroid dienone is 2. The van der Waals surface area contributed by atoms with Gasteiger partial charge in [0.15, 0.2) is 23.3 Å². The van der Waals surface area contributed by atoms with Crippen LogP contribution in [0, 0.1) is 11.3 Å². The van der Waals surface area contributed by atoms with E-state index in [9.17, 15) is 29.4 Å². The average molecular weight is 527 g/mol. The Morgan fingerprint density at radius 1 is 1.08 bits per heavy atom. The molecule has 9 nitrogen and oxygen atoms in total. The van der Waals surface area contributed by atoms with Crippen molar-refractivity contribution >= 4 is 23.5 Å². The van der Waals surface area contributed by atoms with E-state index in [1.54, 1.807) is 45.0 Å². The van der Waals surface area contributed by atoms with Crippen molar-refractivity contribution in [2.45, 2.75) is 77.5 Å². The molecule has 1 saturated heterocycles. The third-order valence-electron chi connectivity index (χ3n) is 8.18. The second-order valence-corrected chi connectivity index (χ2v) is 10.8. The molecule has 1 aliphatic heterocycles. The smallest absolute Gasteiger partial charge is 0.338 e. The monoisotopic (exact) mass is 526 g/mol. The lowest BCUT2D eigenvalue weighted by molar-refractivity contribution is -0.327. The van der Waals surface area contributed by atoms with Gasteiger partial charge in [-0.1, -0.05) is 29.8 Å². The fourth-order valence-electron chi connectivity index (χ4n) is 6.27. The number of aliphatic hydroxyl groups is 2. The molecule has 2 aliphatic carbocycles. The minimum Gasteiger partial charge on any atom is -0.453 e. The van der Waals surface area contributed by atoms with Gasteiger partial charge in [0.05, 0.1) is 29.6 Å². The molecule has 7 atom stereocenters. The molecule has 2 N–H and O–H groups in total. The summed E-state index contributed by atoms with van der Waals surface area (Å²) in [7, 11) is 0. The lowest BCUT2D eigenvalue weighted by Gasteiger charge is -2.62. The van der Waals surface area contributed by atoms with E-state index in [0.29, 0.717) is 16.7 Å². The van der Waals surface area contributed by atoms with Crippen molar-refractivity contribution in [1.82, 2.24) is 0 Å². The quantitative estimate of drug-likeness (QED) is 0.569. The number of benzene rings is 1.